The molecule has 12 heteroatoms. The number of likely N-dealkylation sites (N-methyl/N-ethyl adjacent to an activating group) is 1. The molecule has 0 aromatic heterocycles. The zero-order valence-corrected chi connectivity index (χ0v) is 31.4. The van der Waals surface area contributed by atoms with Crippen molar-refractivity contribution in [2.24, 2.45) is 22.7 Å². The maximum Gasteiger partial charge on any atom is 0.337 e. The van der Waals surface area contributed by atoms with E-state index in [9.17, 15) is 29.1 Å². The Balaban J connectivity index is 1.88. The Bertz CT molecular complexity index is 1570. The Labute approximate surface area is 300 Å². The molecule has 2 fully saturated rings. The van der Waals surface area contributed by atoms with E-state index in [4.69, 9.17) is 23.7 Å². The van der Waals surface area contributed by atoms with Crippen LogP contribution in [0.25, 0.3) is 0 Å². The third-order valence-electron chi connectivity index (χ3n) is 11.2. The van der Waals surface area contributed by atoms with Crippen LogP contribution in [0, 0.1) is 22.7 Å². The number of rotatable bonds is 9. The van der Waals surface area contributed by atoms with Crippen molar-refractivity contribution >= 4 is 29.8 Å². The van der Waals surface area contributed by atoms with Gasteiger partial charge in [0.1, 0.15) is 18.3 Å². The third-order valence-corrected chi connectivity index (χ3v) is 11.2. The quantitative estimate of drug-likeness (QED) is 0.216. The van der Waals surface area contributed by atoms with Crippen LogP contribution in [0.1, 0.15) is 86.3 Å². The van der Waals surface area contributed by atoms with Crippen LogP contribution < -0.4 is 0 Å². The van der Waals surface area contributed by atoms with Crippen molar-refractivity contribution < 1.29 is 52.8 Å². The van der Waals surface area contributed by atoms with E-state index in [2.05, 4.69) is 6.58 Å². The molecule has 280 valence electrons. The number of hydrogen-bond acceptors (Lipinski definition) is 12. The van der Waals surface area contributed by atoms with Crippen molar-refractivity contribution in [1.82, 2.24) is 4.90 Å². The molecular weight excluding hydrogens is 658 g/mol. The number of nitrogens with zero attached hydrogens (tertiary/aromatic N) is 1. The fourth-order valence-corrected chi connectivity index (χ4v) is 8.87. The van der Waals surface area contributed by atoms with E-state index in [-0.39, 0.29) is 12.3 Å². The van der Waals surface area contributed by atoms with E-state index in [1.807, 2.05) is 58.0 Å². The summed E-state index contributed by atoms with van der Waals surface area (Å²) in [5.41, 5.74) is 0.598. The van der Waals surface area contributed by atoms with Gasteiger partial charge in [-0.2, -0.15) is 0 Å². The smallest absolute Gasteiger partial charge is 0.337 e. The number of hydrogen-bond donors (Lipinski definition) is 1. The van der Waals surface area contributed by atoms with Crippen LogP contribution in [0.3, 0.4) is 0 Å². The molecule has 0 heterocycles. The van der Waals surface area contributed by atoms with E-state index in [1.54, 1.807) is 19.0 Å². The number of benzene rings is 1. The topological polar surface area (TPSA) is 155 Å². The van der Waals surface area contributed by atoms with Gasteiger partial charge in [-0.25, -0.2) is 4.79 Å². The summed E-state index contributed by atoms with van der Waals surface area (Å²) in [4.78, 5) is 66.3. The monoisotopic (exact) mass is 711 g/mol. The average Bonchev–Trinajstić information content (AvgIpc) is 3.01. The third kappa shape index (κ3) is 7.91. The Kier molecular flexibility index (Phi) is 11.9. The molecule has 0 aliphatic heterocycles. The maximum absolute atomic E-state index is 13.8. The van der Waals surface area contributed by atoms with Crippen molar-refractivity contribution in [3.05, 3.63) is 59.2 Å². The molecule has 0 radical (unpaired) electrons. The number of esters is 5. The molecule has 0 amide bonds. The average molecular weight is 712 g/mol. The molecule has 3 aliphatic rings. The lowest BCUT2D eigenvalue weighted by molar-refractivity contribution is -0.213. The van der Waals surface area contributed by atoms with E-state index >= 15 is 0 Å². The van der Waals surface area contributed by atoms with Crippen molar-refractivity contribution in [3.8, 4) is 0 Å². The molecule has 2 saturated carbocycles. The zero-order valence-electron chi connectivity index (χ0n) is 31.4. The molecule has 4 rings (SSSR count). The fraction of sp³-hybridized carbons (Fsp3) is 0.615. The van der Waals surface area contributed by atoms with Gasteiger partial charge in [-0.3, -0.25) is 24.1 Å². The van der Waals surface area contributed by atoms with Gasteiger partial charge >= 0.3 is 29.8 Å². The summed E-state index contributed by atoms with van der Waals surface area (Å²) in [5.74, 6) is -4.13. The second kappa shape index (κ2) is 15.3. The number of carbonyl (C=O) groups is 5. The molecule has 3 aliphatic carbocycles. The first-order chi connectivity index (χ1) is 23.7. The van der Waals surface area contributed by atoms with E-state index in [1.165, 1.54) is 27.7 Å². The van der Waals surface area contributed by atoms with Gasteiger partial charge in [-0.15, -0.1) is 0 Å². The largest absolute Gasteiger partial charge is 0.462 e. The van der Waals surface area contributed by atoms with Crippen LogP contribution in [0.5, 0.6) is 0 Å². The van der Waals surface area contributed by atoms with E-state index in [0.717, 1.165) is 0 Å². The Hall–Kier alpha value is -4.03. The number of ether oxygens (including phenoxy) is 5. The second-order valence-electron chi connectivity index (χ2n) is 15.2. The van der Waals surface area contributed by atoms with Gasteiger partial charge in [0.25, 0.3) is 0 Å². The summed E-state index contributed by atoms with van der Waals surface area (Å²) < 4.78 is 30.1. The van der Waals surface area contributed by atoms with Gasteiger partial charge in [0.2, 0.25) is 0 Å². The van der Waals surface area contributed by atoms with Crippen LogP contribution >= 0.6 is 0 Å². The first kappa shape index (κ1) is 39.8. The maximum atomic E-state index is 13.8. The zero-order chi connectivity index (χ0) is 38.2. The highest BCUT2D eigenvalue weighted by Gasteiger charge is 2.64. The number of carbonyl (C=O) groups excluding carboxylic acids is 5. The number of aliphatic hydroxyl groups is 1. The van der Waals surface area contributed by atoms with Gasteiger partial charge in [-0.05, 0) is 73.4 Å². The first-order valence-electron chi connectivity index (χ1n) is 17.4. The summed E-state index contributed by atoms with van der Waals surface area (Å²) in [7, 11) is 3.50. The summed E-state index contributed by atoms with van der Waals surface area (Å²) in [6.07, 6.45) is -5.88. The predicted molar refractivity (Wildman–Crippen MR) is 186 cm³/mol. The SMILES string of the molecule is C=C1[C@@H](OC(=O)[C@H](O)[C@@H](c2ccccc2)N(C)C)C[C@H](OC(C)=O)[C@]2(C)[C@@H]1C[C@H]1C[C@H](OC(C)=O)C(C)=C([C@@H](OC(C)=O)[C@@H]2OC(C)=O)C1(C)C. The fourth-order valence-electron chi connectivity index (χ4n) is 8.87. The molecule has 1 aromatic rings. The highest BCUT2D eigenvalue weighted by atomic mass is 16.6. The highest BCUT2D eigenvalue weighted by molar-refractivity contribution is 5.76. The second-order valence-corrected chi connectivity index (χ2v) is 15.2. The van der Waals surface area contributed by atoms with Crippen molar-refractivity contribution in [3.63, 3.8) is 0 Å². The molecular formula is C39H53NO11. The van der Waals surface area contributed by atoms with Gasteiger partial charge in [-0.1, -0.05) is 57.7 Å². The molecule has 51 heavy (non-hydrogen) atoms. The molecule has 1 N–H and O–H groups in total. The minimum Gasteiger partial charge on any atom is -0.462 e. The Morgan fingerprint density at radius 3 is 1.90 bits per heavy atom. The molecule has 0 unspecified atom stereocenters. The Morgan fingerprint density at radius 2 is 1.37 bits per heavy atom. The normalized spacial score (nSPS) is 31.2. The summed E-state index contributed by atoms with van der Waals surface area (Å²) in [5, 5.41) is 11.4. The molecule has 10 atom stereocenters. The van der Waals surface area contributed by atoms with E-state index < -0.39 is 89.3 Å². The summed E-state index contributed by atoms with van der Waals surface area (Å²) in [6, 6.07) is 8.37. The van der Waals surface area contributed by atoms with Crippen LogP contribution in [-0.2, 0) is 47.7 Å². The van der Waals surface area contributed by atoms with Crippen LogP contribution in [-0.4, -0.2) is 90.6 Å². The standard InChI is InChI=1S/C39H53NO11/c1-20-28-17-27-18-29(47-22(3)41)21(2)32(38(27,7)8)35(49-24(5)43)36(50-25(6)44)39(28,9)31(48-23(4)42)19-30(20)51-37(46)34(45)33(40(10)11)26-15-13-12-14-16-26/h12-16,27-31,33-36,45H,1,17-19H2,2-11H3/t27-,28+,29-,30-,31-,33+,34+,35+,36-,39-/m0/s1. The minimum atomic E-state index is -1.58. The molecule has 0 spiro atoms. The molecule has 1 aromatic carbocycles. The first-order valence-corrected chi connectivity index (χ1v) is 17.4. The predicted octanol–water partition coefficient (Wildman–Crippen LogP) is 4.64. The van der Waals surface area contributed by atoms with Crippen molar-refractivity contribution in [2.45, 2.75) is 117 Å². The van der Waals surface area contributed by atoms with Gasteiger partial charge in [0, 0.05) is 34.1 Å². The van der Waals surface area contributed by atoms with Crippen LogP contribution in [0.2, 0.25) is 0 Å². The lowest BCUT2D eigenvalue weighted by Gasteiger charge is -2.59. The van der Waals surface area contributed by atoms with Crippen LogP contribution in [0.15, 0.2) is 53.6 Å². The molecule has 2 bridgehead atoms. The summed E-state index contributed by atoms with van der Waals surface area (Å²) in [6.45, 7) is 17.2. The van der Waals surface area contributed by atoms with Crippen molar-refractivity contribution in [2.75, 3.05) is 14.1 Å². The lowest BCUT2D eigenvalue weighted by Crippen LogP contribution is -2.64. The van der Waals surface area contributed by atoms with E-state index in [0.29, 0.717) is 35.1 Å². The molecule has 0 saturated heterocycles. The van der Waals surface area contributed by atoms with Gasteiger partial charge in [0.15, 0.2) is 18.3 Å². The number of fused-ring (bicyclic) bond motifs is 3. The van der Waals surface area contributed by atoms with Gasteiger partial charge in [0.05, 0.1) is 11.5 Å². The van der Waals surface area contributed by atoms with Crippen LogP contribution in [0.4, 0.5) is 0 Å². The number of aliphatic hydroxyl groups excluding tert-OH is 1. The highest BCUT2D eigenvalue weighted by Crippen LogP contribution is 2.61. The minimum absolute atomic E-state index is 0.0610. The molecule has 12 nitrogen and oxygen atoms in total. The Morgan fingerprint density at radius 1 is 0.804 bits per heavy atom. The summed E-state index contributed by atoms with van der Waals surface area (Å²) >= 11 is 0. The lowest BCUT2D eigenvalue weighted by atomic mass is 9.49. The van der Waals surface area contributed by atoms with Crippen molar-refractivity contribution in [1.29, 1.82) is 0 Å². The van der Waals surface area contributed by atoms with Gasteiger partial charge < -0.3 is 28.8 Å².